The Bertz CT molecular complexity index is 747. The van der Waals surface area contributed by atoms with E-state index in [1.807, 2.05) is 0 Å². The first-order chi connectivity index (χ1) is 14.2. The van der Waals surface area contributed by atoms with Crippen LogP contribution in [-0.2, 0) is 31.7 Å². The van der Waals surface area contributed by atoms with Crippen LogP contribution in [0.5, 0.6) is 0 Å². The monoisotopic (exact) mass is 439 g/mol. The highest BCUT2D eigenvalue weighted by Crippen LogP contribution is 2.17. The van der Waals surface area contributed by atoms with E-state index in [-0.39, 0.29) is 30.6 Å². The molecule has 0 aliphatic carbocycles. The molecule has 9 heteroatoms. The number of hydrogen-bond acceptors (Lipinski definition) is 5. The Kier molecular flexibility index (Phi) is 11.1. The zero-order valence-electron chi connectivity index (χ0n) is 17.6. The second kappa shape index (κ2) is 13.0. The summed E-state index contributed by atoms with van der Waals surface area (Å²) in [5, 5.41) is 17.1. The van der Waals surface area contributed by atoms with E-state index >= 15 is 0 Å². The van der Waals surface area contributed by atoms with Crippen LogP contribution >= 0.6 is 11.6 Å². The fraction of sp³-hybridized carbons (Fsp3) is 0.524. The lowest BCUT2D eigenvalue weighted by Gasteiger charge is -2.19. The quantitative estimate of drug-likeness (QED) is 0.293. The Morgan fingerprint density at radius 1 is 0.933 bits per heavy atom. The minimum atomic E-state index is -0.843. The maximum absolute atomic E-state index is 12.4. The molecule has 0 bridgehead atoms. The summed E-state index contributed by atoms with van der Waals surface area (Å²) >= 11 is 5.83. The van der Waals surface area contributed by atoms with Crippen molar-refractivity contribution >= 4 is 40.8 Å². The van der Waals surface area contributed by atoms with Gasteiger partial charge in [-0.1, -0.05) is 6.07 Å². The van der Waals surface area contributed by atoms with Gasteiger partial charge in [-0.25, -0.2) is 0 Å². The van der Waals surface area contributed by atoms with Crippen LogP contribution in [0.15, 0.2) is 18.2 Å². The lowest BCUT2D eigenvalue weighted by molar-refractivity contribution is -0.130. The molecule has 2 atom stereocenters. The Hall–Kier alpha value is -2.45. The molecule has 1 rings (SSSR count). The summed E-state index contributed by atoms with van der Waals surface area (Å²) in [5.41, 5.74) is 1.82. The zero-order valence-corrected chi connectivity index (χ0v) is 18.3. The Morgan fingerprint density at radius 3 is 2.13 bits per heavy atom. The first kappa shape index (κ1) is 25.6. The number of unbranched alkanes of at least 4 members (excludes halogenated alkanes) is 1. The summed E-state index contributed by atoms with van der Waals surface area (Å²) in [6.45, 7) is 4.38. The molecule has 1 aromatic carbocycles. The summed E-state index contributed by atoms with van der Waals surface area (Å²) in [7, 11) is 0. The average molecular weight is 440 g/mol. The number of hydrogen-bond donors (Lipinski definition) is 4. The summed E-state index contributed by atoms with van der Waals surface area (Å²) in [5.74, 6) is -0.901. The van der Waals surface area contributed by atoms with E-state index in [4.69, 9.17) is 11.6 Å². The zero-order chi connectivity index (χ0) is 22.7. The predicted octanol–water partition coefficient (Wildman–Crippen LogP) is 2.01. The number of amides is 3. The van der Waals surface area contributed by atoms with Crippen LogP contribution in [0.4, 0.5) is 5.69 Å². The van der Waals surface area contributed by atoms with Crippen LogP contribution in [0.25, 0.3) is 0 Å². The second-order valence-corrected chi connectivity index (χ2v) is 7.52. The topological polar surface area (TPSA) is 125 Å². The highest BCUT2D eigenvalue weighted by molar-refractivity contribution is 6.17. The number of nitrogens with one attached hydrogen (secondary N) is 3. The van der Waals surface area contributed by atoms with Crippen molar-refractivity contribution in [2.45, 2.75) is 71.0 Å². The van der Waals surface area contributed by atoms with Crippen LogP contribution in [0.3, 0.4) is 0 Å². The van der Waals surface area contributed by atoms with Crippen molar-refractivity contribution in [3.63, 3.8) is 0 Å². The van der Waals surface area contributed by atoms with Crippen LogP contribution in [0.1, 0.15) is 57.6 Å². The van der Waals surface area contributed by atoms with Gasteiger partial charge >= 0.3 is 0 Å². The van der Waals surface area contributed by atoms with Crippen LogP contribution in [0.2, 0.25) is 0 Å². The van der Waals surface area contributed by atoms with Crippen molar-refractivity contribution in [1.29, 1.82) is 0 Å². The Labute approximate surface area is 181 Å². The van der Waals surface area contributed by atoms with Gasteiger partial charge in [0.15, 0.2) is 0 Å². The van der Waals surface area contributed by atoms with E-state index in [9.17, 15) is 24.3 Å². The average Bonchev–Trinajstić information content (AvgIpc) is 2.70. The minimum absolute atomic E-state index is 0.0809. The fourth-order valence-electron chi connectivity index (χ4n) is 2.70. The largest absolute Gasteiger partial charge is 0.392 e. The van der Waals surface area contributed by atoms with Gasteiger partial charge in [0.2, 0.25) is 17.7 Å². The van der Waals surface area contributed by atoms with E-state index in [1.165, 1.54) is 20.8 Å². The number of aliphatic hydroxyl groups is 1. The maximum atomic E-state index is 12.4. The molecule has 0 aliphatic heterocycles. The molecule has 8 nitrogen and oxygen atoms in total. The molecule has 0 radical (unpaired) electrons. The summed E-state index contributed by atoms with van der Waals surface area (Å²) < 4.78 is 0. The highest BCUT2D eigenvalue weighted by atomic mass is 35.5. The molecule has 0 aromatic heterocycles. The Morgan fingerprint density at radius 2 is 1.53 bits per heavy atom. The highest BCUT2D eigenvalue weighted by Gasteiger charge is 2.21. The van der Waals surface area contributed by atoms with Crippen molar-refractivity contribution in [3.05, 3.63) is 29.3 Å². The van der Waals surface area contributed by atoms with Crippen LogP contribution in [0, 0.1) is 0 Å². The lowest BCUT2D eigenvalue weighted by Crippen LogP contribution is -2.50. The number of halogens is 1. The lowest BCUT2D eigenvalue weighted by atomic mass is 10.1. The van der Waals surface area contributed by atoms with Crippen molar-refractivity contribution in [2.24, 2.45) is 0 Å². The molecule has 2 unspecified atom stereocenters. The summed E-state index contributed by atoms with van der Waals surface area (Å²) in [6, 6.07) is 3.40. The number of rotatable bonds is 12. The van der Waals surface area contributed by atoms with Gasteiger partial charge in [0, 0.05) is 24.4 Å². The molecule has 0 heterocycles. The first-order valence-electron chi connectivity index (χ1n) is 9.86. The molecule has 0 saturated heterocycles. The maximum Gasteiger partial charge on any atom is 0.246 e. The van der Waals surface area contributed by atoms with Gasteiger partial charge in [-0.05, 0) is 56.9 Å². The van der Waals surface area contributed by atoms with E-state index < -0.39 is 23.9 Å². The second-order valence-electron chi connectivity index (χ2n) is 7.25. The molecule has 166 valence electrons. The fourth-order valence-corrected chi connectivity index (χ4v) is 2.85. The SMILES string of the molecule is CC(=O)CCCCC(=O)NC(C)C(=O)NC(C)C(=O)Nc1cc(CO)cc(CCl)c1. The molecule has 0 spiro atoms. The Balaban J connectivity index is 2.51. The molecular weight excluding hydrogens is 410 g/mol. The van der Waals surface area contributed by atoms with Crippen molar-refractivity contribution < 1.29 is 24.3 Å². The van der Waals surface area contributed by atoms with Gasteiger partial charge in [0.05, 0.1) is 6.61 Å². The molecule has 30 heavy (non-hydrogen) atoms. The third-order valence-corrected chi connectivity index (χ3v) is 4.67. The van der Waals surface area contributed by atoms with Crippen LogP contribution in [-0.4, -0.2) is 40.7 Å². The van der Waals surface area contributed by atoms with Crippen molar-refractivity contribution in [2.75, 3.05) is 5.32 Å². The van der Waals surface area contributed by atoms with Gasteiger partial charge in [0.25, 0.3) is 0 Å². The number of carbonyl (C=O) groups is 4. The summed E-state index contributed by atoms with van der Waals surface area (Å²) in [4.78, 5) is 47.4. The molecule has 1 aromatic rings. The number of alkyl halides is 1. The van der Waals surface area contributed by atoms with E-state index in [0.29, 0.717) is 30.5 Å². The third-order valence-electron chi connectivity index (χ3n) is 4.36. The van der Waals surface area contributed by atoms with Gasteiger partial charge in [-0.2, -0.15) is 0 Å². The van der Waals surface area contributed by atoms with E-state index in [2.05, 4.69) is 16.0 Å². The number of anilines is 1. The van der Waals surface area contributed by atoms with Gasteiger partial charge < -0.3 is 25.9 Å². The predicted molar refractivity (Wildman–Crippen MR) is 115 cm³/mol. The number of ketones is 1. The molecule has 0 saturated carbocycles. The van der Waals surface area contributed by atoms with E-state index in [1.54, 1.807) is 18.2 Å². The molecular formula is C21H30ClN3O5. The van der Waals surface area contributed by atoms with Crippen LogP contribution < -0.4 is 16.0 Å². The molecule has 0 fully saturated rings. The molecule has 3 amide bonds. The summed E-state index contributed by atoms with van der Waals surface area (Å²) in [6.07, 6.45) is 1.85. The van der Waals surface area contributed by atoms with E-state index in [0.717, 1.165) is 5.56 Å². The number of aliphatic hydroxyl groups excluding tert-OH is 1. The van der Waals surface area contributed by atoms with Gasteiger partial charge in [-0.15, -0.1) is 11.6 Å². The number of carbonyl (C=O) groups excluding carboxylic acids is 4. The number of benzene rings is 1. The third kappa shape index (κ3) is 9.37. The standard InChI is InChI=1S/C21H30ClN3O5/c1-13(27)6-4-5-7-19(28)23-14(2)20(29)24-15(3)21(30)25-18-9-16(11-22)8-17(10-18)12-26/h8-10,14-15,26H,4-7,11-12H2,1-3H3,(H,23,28)(H,24,29)(H,25,30). The van der Waals surface area contributed by atoms with Gasteiger partial charge in [-0.3, -0.25) is 14.4 Å². The first-order valence-corrected chi connectivity index (χ1v) is 10.4. The number of Topliss-reactive ketones (excluding diaryl/α,β-unsaturated/α-hetero) is 1. The van der Waals surface area contributed by atoms with Crippen molar-refractivity contribution in [1.82, 2.24) is 10.6 Å². The molecule has 0 aliphatic rings. The van der Waals surface area contributed by atoms with Gasteiger partial charge in [0.1, 0.15) is 17.9 Å². The molecule has 4 N–H and O–H groups in total. The smallest absolute Gasteiger partial charge is 0.246 e. The minimum Gasteiger partial charge on any atom is -0.392 e. The normalized spacial score (nSPS) is 12.6. The van der Waals surface area contributed by atoms with Crippen molar-refractivity contribution in [3.8, 4) is 0 Å².